The van der Waals surface area contributed by atoms with E-state index in [4.69, 9.17) is 0 Å². The lowest BCUT2D eigenvalue weighted by Crippen LogP contribution is -2.28. The van der Waals surface area contributed by atoms with Crippen molar-refractivity contribution >= 4 is 5.69 Å². The highest BCUT2D eigenvalue weighted by atomic mass is 19.4. The van der Waals surface area contributed by atoms with Gasteiger partial charge in [0.2, 0.25) is 0 Å². The average molecular weight is 346 g/mol. The van der Waals surface area contributed by atoms with Crippen LogP contribution in [0.1, 0.15) is 29.5 Å². The Morgan fingerprint density at radius 1 is 0.880 bits per heavy atom. The van der Waals surface area contributed by atoms with E-state index in [0.717, 1.165) is 43.7 Å². The van der Waals surface area contributed by atoms with Crippen LogP contribution >= 0.6 is 0 Å². The number of anilines is 1. The second-order valence-electron chi connectivity index (χ2n) is 6.79. The van der Waals surface area contributed by atoms with E-state index in [1.165, 1.54) is 41.8 Å². The molecule has 0 atom stereocenters. The van der Waals surface area contributed by atoms with E-state index in [9.17, 15) is 13.2 Å². The first-order chi connectivity index (χ1) is 12.0. The maximum atomic E-state index is 12.8. The highest BCUT2D eigenvalue weighted by molar-refractivity contribution is 5.74. The van der Waals surface area contributed by atoms with Crippen molar-refractivity contribution in [2.24, 2.45) is 0 Å². The van der Waals surface area contributed by atoms with E-state index in [2.05, 4.69) is 22.3 Å². The van der Waals surface area contributed by atoms with Crippen LogP contribution in [0.4, 0.5) is 18.9 Å². The van der Waals surface area contributed by atoms with Gasteiger partial charge in [0.15, 0.2) is 0 Å². The molecule has 0 amide bonds. The van der Waals surface area contributed by atoms with Crippen LogP contribution in [0.25, 0.3) is 11.1 Å². The molecule has 0 saturated carbocycles. The summed E-state index contributed by atoms with van der Waals surface area (Å²) >= 11 is 0. The van der Waals surface area contributed by atoms with E-state index in [1.54, 1.807) is 12.1 Å². The van der Waals surface area contributed by atoms with Crippen molar-refractivity contribution in [3.05, 3.63) is 53.1 Å². The first-order valence-electron chi connectivity index (χ1n) is 8.82. The Bertz CT molecular complexity index is 760. The number of hydrogen-bond acceptors (Lipinski definition) is 2. The fourth-order valence-corrected chi connectivity index (χ4v) is 3.95. The van der Waals surface area contributed by atoms with Crippen LogP contribution in [0.15, 0.2) is 36.4 Å². The van der Waals surface area contributed by atoms with Crippen molar-refractivity contribution in [3.63, 3.8) is 0 Å². The van der Waals surface area contributed by atoms with Crippen molar-refractivity contribution in [2.75, 3.05) is 24.5 Å². The van der Waals surface area contributed by atoms with Crippen LogP contribution in [0.5, 0.6) is 0 Å². The van der Waals surface area contributed by atoms with Crippen molar-refractivity contribution in [3.8, 4) is 11.1 Å². The van der Waals surface area contributed by atoms with Crippen LogP contribution in [0.2, 0.25) is 0 Å². The largest absolute Gasteiger partial charge is 0.416 e. The fourth-order valence-electron chi connectivity index (χ4n) is 3.95. The number of alkyl halides is 3. The molecule has 132 valence electrons. The van der Waals surface area contributed by atoms with Gasteiger partial charge in [-0.25, -0.2) is 0 Å². The van der Waals surface area contributed by atoms with Crippen LogP contribution in [-0.2, 0) is 19.1 Å². The lowest BCUT2D eigenvalue weighted by molar-refractivity contribution is -0.137. The molecule has 1 fully saturated rings. The molecule has 0 unspecified atom stereocenters. The lowest BCUT2D eigenvalue weighted by Gasteiger charge is -2.28. The molecule has 2 aromatic rings. The Labute approximate surface area is 145 Å². The predicted octanol–water partition coefficient (Wildman–Crippen LogP) is 4.62. The third-order valence-electron chi connectivity index (χ3n) is 5.23. The van der Waals surface area contributed by atoms with Crippen LogP contribution < -0.4 is 10.2 Å². The third-order valence-corrected chi connectivity index (χ3v) is 5.23. The molecule has 25 heavy (non-hydrogen) atoms. The van der Waals surface area contributed by atoms with Gasteiger partial charge in [-0.3, -0.25) is 0 Å². The minimum Gasteiger partial charge on any atom is -0.371 e. The van der Waals surface area contributed by atoms with Crippen LogP contribution in [0, 0.1) is 0 Å². The van der Waals surface area contributed by atoms with Gasteiger partial charge in [-0.1, -0.05) is 18.2 Å². The predicted molar refractivity (Wildman–Crippen MR) is 93.7 cm³/mol. The van der Waals surface area contributed by atoms with E-state index in [0.29, 0.717) is 0 Å². The van der Waals surface area contributed by atoms with Gasteiger partial charge in [0.25, 0.3) is 0 Å². The summed E-state index contributed by atoms with van der Waals surface area (Å²) in [6.07, 6.45) is -0.930. The quantitative estimate of drug-likeness (QED) is 0.854. The number of rotatable bonds is 2. The van der Waals surface area contributed by atoms with Gasteiger partial charge in [-0.2, -0.15) is 13.2 Å². The van der Waals surface area contributed by atoms with E-state index in [-0.39, 0.29) is 0 Å². The highest BCUT2D eigenvalue weighted by Crippen LogP contribution is 2.37. The zero-order valence-corrected chi connectivity index (χ0v) is 14.0. The summed E-state index contributed by atoms with van der Waals surface area (Å²) in [5, 5.41) is 3.44. The summed E-state index contributed by atoms with van der Waals surface area (Å²) in [6.45, 7) is 3.91. The highest BCUT2D eigenvalue weighted by Gasteiger charge is 2.30. The summed E-state index contributed by atoms with van der Waals surface area (Å²) in [6, 6.07) is 9.77. The topological polar surface area (TPSA) is 15.3 Å². The molecule has 1 saturated heterocycles. The number of nitrogens with zero attached hydrogens (tertiary/aromatic N) is 1. The summed E-state index contributed by atoms with van der Waals surface area (Å²) < 4.78 is 38.4. The van der Waals surface area contributed by atoms with E-state index >= 15 is 0 Å². The molecular weight excluding hydrogens is 325 g/mol. The summed E-state index contributed by atoms with van der Waals surface area (Å²) in [7, 11) is 0. The standard InChI is InChI=1S/C20H21F3N2/c21-20(22,23)15-5-3-14(4-6-15)16-7-8-19(25-11-1-2-12-25)18-13-24-10-9-17(16)18/h3-8,24H,1-2,9-13H2. The smallest absolute Gasteiger partial charge is 0.371 e. The zero-order chi connectivity index (χ0) is 17.4. The Morgan fingerprint density at radius 3 is 2.28 bits per heavy atom. The van der Waals surface area contributed by atoms with Gasteiger partial charge in [0.05, 0.1) is 5.56 Å². The average Bonchev–Trinajstić information content (AvgIpc) is 3.14. The molecular formula is C20H21F3N2. The molecule has 2 heterocycles. The molecule has 0 radical (unpaired) electrons. The minimum atomic E-state index is -4.29. The zero-order valence-electron chi connectivity index (χ0n) is 14.0. The molecule has 0 bridgehead atoms. The minimum absolute atomic E-state index is 0.597. The Hall–Kier alpha value is -2.01. The summed E-state index contributed by atoms with van der Waals surface area (Å²) in [5.74, 6) is 0. The van der Waals surface area contributed by atoms with E-state index < -0.39 is 11.7 Å². The molecule has 2 aliphatic rings. The van der Waals surface area contributed by atoms with Gasteiger partial charge in [-0.15, -0.1) is 0 Å². The molecule has 0 aromatic heterocycles. The van der Waals surface area contributed by atoms with Crippen LogP contribution in [0.3, 0.4) is 0 Å². The van der Waals surface area contributed by atoms with Crippen molar-refractivity contribution < 1.29 is 13.2 Å². The van der Waals surface area contributed by atoms with Crippen LogP contribution in [-0.4, -0.2) is 19.6 Å². The van der Waals surface area contributed by atoms with Crippen molar-refractivity contribution in [2.45, 2.75) is 32.0 Å². The molecule has 2 nitrogen and oxygen atoms in total. The first-order valence-corrected chi connectivity index (χ1v) is 8.82. The maximum absolute atomic E-state index is 12.8. The summed E-state index contributed by atoms with van der Waals surface area (Å²) in [4.78, 5) is 2.43. The molecule has 0 spiro atoms. The SMILES string of the molecule is FC(F)(F)c1ccc(-c2ccc(N3CCCC3)c3c2CCNC3)cc1. The number of benzene rings is 2. The Balaban J connectivity index is 1.75. The third kappa shape index (κ3) is 3.13. The molecule has 5 heteroatoms. The molecule has 1 N–H and O–H groups in total. The molecule has 4 rings (SSSR count). The van der Waals surface area contributed by atoms with E-state index in [1.807, 2.05) is 0 Å². The maximum Gasteiger partial charge on any atom is 0.416 e. The lowest BCUT2D eigenvalue weighted by atomic mass is 9.89. The second kappa shape index (κ2) is 6.37. The first kappa shape index (κ1) is 16.5. The van der Waals surface area contributed by atoms with Gasteiger partial charge in [0, 0.05) is 25.3 Å². The fraction of sp³-hybridized carbons (Fsp3) is 0.400. The Kier molecular flexibility index (Phi) is 4.20. The van der Waals surface area contributed by atoms with Gasteiger partial charge >= 0.3 is 6.18 Å². The second-order valence-corrected chi connectivity index (χ2v) is 6.79. The molecule has 0 aliphatic carbocycles. The van der Waals surface area contributed by atoms with Crippen molar-refractivity contribution in [1.29, 1.82) is 0 Å². The number of hydrogen-bond donors (Lipinski definition) is 1. The van der Waals surface area contributed by atoms with Gasteiger partial charge < -0.3 is 10.2 Å². The number of fused-ring (bicyclic) bond motifs is 1. The van der Waals surface area contributed by atoms with Gasteiger partial charge in [-0.05, 0) is 66.3 Å². The number of halogens is 3. The Morgan fingerprint density at radius 2 is 1.60 bits per heavy atom. The normalized spacial score (nSPS) is 17.6. The summed E-state index contributed by atoms with van der Waals surface area (Å²) in [5.41, 5.74) is 5.21. The number of nitrogens with one attached hydrogen (secondary N) is 1. The molecule has 2 aromatic carbocycles. The monoisotopic (exact) mass is 346 g/mol. The van der Waals surface area contributed by atoms with Crippen molar-refractivity contribution in [1.82, 2.24) is 5.32 Å². The molecule has 2 aliphatic heterocycles. The van der Waals surface area contributed by atoms with Gasteiger partial charge in [0.1, 0.15) is 0 Å².